The van der Waals surface area contributed by atoms with E-state index in [0.29, 0.717) is 18.7 Å². The second kappa shape index (κ2) is 6.47. The predicted molar refractivity (Wildman–Crippen MR) is 105 cm³/mol. The lowest BCUT2D eigenvalue weighted by Crippen LogP contribution is -2.41. The largest absolute Gasteiger partial charge is 0.494 e. The number of pyridine rings is 1. The second-order valence-corrected chi connectivity index (χ2v) is 7.19. The summed E-state index contributed by atoms with van der Waals surface area (Å²) in [5.74, 6) is 0.639. The van der Waals surface area contributed by atoms with E-state index in [9.17, 15) is 4.79 Å². The number of fused-ring (bicyclic) bond motifs is 2. The van der Waals surface area contributed by atoms with Crippen molar-refractivity contribution in [3.05, 3.63) is 65.3 Å². The Morgan fingerprint density at radius 1 is 1.31 bits per heavy atom. The summed E-state index contributed by atoms with van der Waals surface area (Å²) in [5, 5.41) is 9.07. The molecule has 1 aliphatic rings. The number of rotatable bonds is 3. The van der Waals surface area contributed by atoms with Crippen LogP contribution in [0.15, 0.2) is 36.8 Å². The van der Waals surface area contributed by atoms with Crippen molar-refractivity contribution in [3.63, 3.8) is 0 Å². The number of nitrogens with one attached hydrogen (secondary N) is 1. The van der Waals surface area contributed by atoms with Gasteiger partial charge in [0, 0.05) is 31.9 Å². The molecule has 4 aromatic heterocycles. The van der Waals surface area contributed by atoms with Gasteiger partial charge < -0.3 is 14.6 Å². The summed E-state index contributed by atoms with van der Waals surface area (Å²) >= 11 is 0. The topological polar surface area (TPSA) is 93.3 Å². The maximum absolute atomic E-state index is 13.5. The third-order valence-electron chi connectivity index (χ3n) is 5.39. The molecule has 0 aromatic carbocycles. The Balaban J connectivity index is 1.65. The first-order valence-electron chi connectivity index (χ1n) is 9.43. The van der Waals surface area contributed by atoms with E-state index in [1.54, 1.807) is 29.7 Å². The molecule has 0 fully saturated rings. The lowest BCUT2D eigenvalue weighted by atomic mass is 9.99. The number of carbonyl (C=O) groups is 1. The average molecular weight is 391 g/mol. The van der Waals surface area contributed by atoms with Gasteiger partial charge in [-0.1, -0.05) is 0 Å². The van der Waals surface area contributed by atoms with E-state index >= 15 is 0 Å². The van der Waals surface area contributed by atoms with E-state index in [1.807, 2.05) is 42.3 Å². The summed E-state index contributed by atoms with van der Waals surface area (Å²) in [7, 11) is 3.42. The first-order chi connectivity index (χ1) is 14.1. The Bertz CT molecular complexity index is 1220. The van der Waals surface area contributed by atoms with Crippen LogP contribution >= 0.6 is 0 Å². The van der Waals surface area contributed by atoms with Crippen LogP contribution < -0.4 is 4.74 Å². The van der Waals surface area contributed by atoms with E-state index in [1.165, 1.54) is 0 Å². The molecule has 1 atom stereocenters. The fourth-order valence-electron chi connectivity index (χ4n) is 4.07. The summed E-state index contributed by atoms with van der Waals surface area (Å²) in [6, 6.07) is 7.15. The second-order valence-electron chi connectivity index (χ2n) is 7.19. The molecule has 0 aliphatic carbocycles. The molecular weight excluding hydrogens is 370 g/mol. The predicted octanol–water partition coefficient (Wildman–Crippen LogP) is 1.90. The highest BCUT2D eigenvalue weighted by atomic mass is 16.5. The van der Waals surface area contributed by atoms with Crippen LogP contribution in [0.3, 0.4) is 0 Å². The van der Waals surface area contributed by atoms with Crippen molar-refractivity contribution in [2.75, 3.05) is 13.7 Å². The fourth-order valence-corrected chi connectivity index (χ4v) is 4.07. The number of imidazole rings is 1. The third-order valence-corrected chi connectivity index (χ3v) is 5.39. The highest BCUT2D eigenvalue weighted by Crippen LogP contribution is 2.35. The lowest BCUT2D eigenvalue weighted by molar-refractivity contribution is 0.0675. The fraction of sp³-hybridized carbons (Fsp3) is 0.300. The molecule has 0 spiro atoms. The van der Waals surface area contributed by atoms with Crippen LogP contribution in [-0.2, 0) is 13.5 Å². The Kier molecular flexibility index (Phi) is 3.90. The summed E-state index contributed by atoms with van der Waals surface area (Å²) in [4.78, 5) is 23.0. The van der Waals surface area contributed by atoms with Gasteiger partial charge in [-0.15, -0.1) is 0 Å². The van der Waals surface area contributed by atoms with Crippen LogP contribution in [0.25, 0.3) is 5.52 Å². The maximum Gasteiger partial charge on any atom is 0.273 e. The van der Waals surface area contributed by atoms with Gasteiger partial charge in [0.25, 0.3) is 5.91 Å². The zero-order valence-corrected chi connectivity index (χ0v) is 16.5. The molecule has 9 heteroatoms. The van der Waals surface area contributed by atoms with Gasteiger partial charge in [-0.25, -0.2) is 9.50 Å². The standard InChI is InChI=1S/C20H21N7O2/c1-12-9-16(25(2)23-12)20(28)26-8-6-13-18(22-11-21-13)19(26)14-10-15-17(29-3)5-4-7-27(15)24-14/h4-5,7,9-11,19H,6,8H2,1-3H3,(H,21,22)/t19-/m1/s1. The molecule has 0 unspecified atom stereocenters. The number of aromatic amines is 1. The molecule has 0 saturated heterocycles. The van der Waals surface area contributed by atoms with Gasteiger partial charge >= 0.3 is 0 Å². The van der Waals surface area contributed by atoms with Crippen LogP contribution in [0, 0.1) is 6.92 Å². The monoisotopic (exact) mass is 391 g/mol. The first-order valence-corrected chi connectivity index (χ1v) is 9.43. The van der Waals surface area contributed by atoms with Crippen molar-refractivity contribution >= 4 is 11.4 Å². The number of amides is 1. The molecular formula is C20H21N7O2. The van der Waals surface area contributed by atoms with Gasteiger partial charge in [-0.05, 0) is 31.2 Å². The molecule has 148 valence electrons. The molecule has 0 radical (unpaired) electrons. The van der Waals surface area contributed by atoms with E-state index in [0.717, 1.165) is 34.0 Å². The van der Waals surface area contributed by atoms with Crippen LogP contribution in [-0.4, -0.2) is 53.8 Å². The number of methoxy groups -OCH3 is 1. The summed E-state index contributed by atoms with van der Waals surface area (Å²) in [6.45, 7) is 2.44. The van der Waals surface area contributed by atoms with Crippen LogP contribution in [0.1, 0.15) is 39.3 Å². The smallest absolute Gasteiger partial charge is 0.273 e. The summed E-state index contributed by atoms with van der Waals surface area (Å²) < 4.78 is 8.87. The van der Waals surface area contributed by atoms with Crippen LogP contribution in [0.2, 0.25) is 0 Å². The number of ether oxygens (including phenoxy) is 1. The lowest BCUT2D eigenvalue weighted by Gasteiger charge is -2.33. The summed E-state index contributed by atoms with van der Waals surface area (Å²) in [6.07, 6.45) is 4.26. The van der Waals surface area contributed by atoms with Gasteiger partial charge in [0.2, 0.25) is 0 Å². The molecule has 0 bridgehead atoms. The minimum atomic E-state index is -0.391. The van der Waals surface area contributed by atoms with E-state index < -0.39 is 6.04 Å². The third kappa shape index (κ3) is 2.69. The van der Waals surface area contributed by atoms with E-state index in [2.05, 4.69) is 15.1 Å². The van der Waals surface area contributed by atoms with E-state index in [4.69, 9.17) is 9.84 Å². The van der Waals surface area contributed by atoms with Crippen molar-refractivity contribution in [3.8, 4) is 5.75 Å². The van der Waals surface area contributed by atoms with Crippen LogP contribution in [0.4, 0.5) is 0 Å². The zero-order valence-electron chi connectivity index (χ0n) is 16.5. The molecule has 4 aromatic rings. The normalized spacial score (nSPS) is 16.2. The minimum Gasteiger partial charge on any atom is -0.494 e. The zero-order chi connectivity index (χ0) is 20.1. The van der Waals surface area contributed by atoms with Gasteiger partial charge in [-0.3, -0.25) is 9.48 Å². The molecule has 1 amide bonds. The quantitative estimate of drug-likeness (QED) is 0.576. The van der Waals surface area contributed by atoms with Crippen molar-refractivity contribution < 1.29 is 9.53 Å². The van der Waals surface area contributed by atoms with Crippen molar-refractivity contribution in [1.82, 2.24) is 34.3 Å². The first kappa shape index (κ1) is 17.5. The minimum absolute atomic E-state index is 0.0872. The number of H-pyrrole nitrogens is 1. The number of aromatic nitrogens is 6. The number of hydrogen-bond acceptors (Lipinski definition) is 5. The van der Waals surface area contributed by atoms with E-state index in [-0.39, 0.29) is 5.91 Å². The van der Waals surface area contributed by atoms with Crippen LogP contribution in [0.5, 0.6) is 5.75 Å². The highest BCUT2D eigenvalue weighted by molar-refractivity contribution is 5.93. The van der Waals surface area contributed by atoms with Crippen molar-refractivity contribution in [1.29, 1.82) is 0 Å². The molecule has 9 nitrogen and oxygen atoms in total. The molecule has 5 rings (SSSR count). The molecule has 5 heterocycles. The molecule has 1 N–H and O–H groups in total. The Morgan fingerprint density at radius 3 is 2.93 bits per heavy atom. The molecule has 1 aliphatic heterocycles. The summed E-state index contributed by atoms with van der Waals surface area (Å²) in [5.41, 5.74) is 4.80. The average Bonchev–Trinajstić information content (AvgIpc) is 3.43. The van der Waals surface area contributed by atoms with Crippen molar-refractivity contribution in [2.24, 2.45) is 7.05 Å². The Hall–Kier alpha value is -3.62. The number of aryl methyl sites for hydroxylation is 2. The van der Waals surface area contributed by atoms with Gasteiger partial charge in [0.1, 0.15) is 23.0 Å². The van der Waals surface area contributed by atoms with Gasteiger partial charge in [0.05, 0.1) is 30.5 Å². The van der Waals surface area contributed by atoms with Gasteiger partial charge in [0.15, 0.2) is 0 Å². The number of carbonyl (C=O) groups excluding carboxylic acids is 1. The SMILES string of the molecule is COc1cccn2nc([C@@H]3c4nc[nH]c4CCN3C(=O)c3cc(C)nn3C)cc12. The number of hydrogen-bond donors (Lipinski definition) is 1. The van der Waals surface area contributed by atoms with Gasteiger partial charge in [-0.2, -0.15) is 10.2 Å². The Labute approximate surface area is 166 Å². The van der Waals surface area contributed by atoms with Crippen molar-refractivity contribution in [2.45, 2.75) is 19.4 Å². The number of nitrogens with zero attached hydrogens (tertiary/aromatic N) is 6. The Morgan fingerprint density at radius 2 is 2.17 bits per heavy atom. The molecule has 29 heavy (non-hydrogen) atoms. The maximum atomic E-state index is 13.5. The highest BCUT2D eigenvalue weighted by Gasteiger charge is 2.37. The molecule has 0 saturated carbocycles.